The Balaban J connectivity index is 2.69. The summed E-state index contributed by atoms with van der Waals surface area (Å²) < 4.78 is 0. The van der Waals surface area contributed by atoms with Crippen molar-refractivity contribution in [1.29, 1.82) is 0 Å². The average molecular weight is 187 g/mol. The number of aromatic nitrogens is 2. The van der Waals surface area contributed by atoms with Gasteiger partial charge in [-0.1, -0.05) is 0 Å². The second kappa shape index (κ2) is 3.41. The third-order valence-electron chi connectivity index (χ3n) is 1.86. The van der Waals surface area contributed by atoms with E-state index in [1.807, 2.05) is 12.1 Å². The van der Waals surface area contributed by atoms with Crippen LogP contribution >= 0.6 is 0 Å². The molecule has 0 aliphatic heterocycles. The van der Waals surface area contributed by atoms with Crippen LogP contribution in [0.25, 0.3) is 10.9 Å². The van der Waals surface area contributed by atoms with Gasteiger partial charge in [0.05, 0.1) is 11.9 Å². The fourth-order valence-electron chi connectivity index (χ4n) is 1.25. The molecule has 0 saturated heterocycles. The van der Waals surface area contributed by atoms with Crippen molar-refractivity contribution in [2.24, 2.45) is 4.99 Å². The van der Waals surface area contributed by atoms with Crippen molar-refractivity contribution in [1.82, 2.24) is 9.97 Å². The van der Waals surface area contributed by atoms with Gasteiger partial charge in [0.1, 0.15) is 5.52 Å². The molecule has 0 atom stereocenters. The number of nitrogens with zero attached hydrogens (tertiary/aromatic N) is 3. The van der Waals surface area contributed by atoms with E-state index in [-0.39, 0.29) is 5.75 Å². The number of hydrogen-bond acceptors (Lipinski definition) is 4. The molecular weight excluding hydrogens is 178 g/mol. The highest BCUT2D eigenvalue weighted by molar-refractivity contribution is 5.87. The lowest BCUT2D eigenvalue weighted by atomic mass is 10.2. The molecule has 0 unspecified atom stereocenters. The summed E-state index contributed by atoms with van der Waals surface area (Å²) in [6.45, 7) is 0. The van der Waals surface area contributed by atoms with Gasteiger partial charge in [0.15, 0.2) is 5.75 Å². The van der Waals surface area contributed by atoms with Gasteiger partial charge < -0.3 is 5.11 Å². The van der Waals surface area contributed by atoms with E-state index in [4.69, 9.17) is 0 Å². The summed E-state index contributed by atoms with van der Waals surface area (Å²) in [5.74, 6) is 0.0915. The van der Waals surface area contributed by atoms with Crippen LogP contribution in [-0.4, -0.2) is 28.3 Å². The maximum Gasteiger partial charge on any atom is 0.160 e. The molecule has 2 rings (SSSR count). The second-order valence-corrected chi connectivity index (χ2v) is 2.85. The standard InChI is InChI=1S/C10H9N3O/c1-11-5-8-3-2-7-4-12-6-9(14)10(7)13-8/h2-6,14H,1H3. The molecule has 0 saturated carbocycles. The highest BCUT2D eigenvalue weighted by Gasteiger charge is 2.01. The summed E-state index contributed by atoms with van der Waals surface area (Å²) in [5.41, 5.74) is 1.28. The Labute approximate surface area is 81.0 Å². The van der Waals surface area contributed by atoms with Gasteiger partial charge in [-0.05, 0) is 12.1 Å². The normalized spacial score (nSPS) is 11.2. The second-order valence-electron chi connectivity index (χ2n) is 2.85. The predicted octanol–water partition coefficient (Wildman–Crippen LogP) is 1.38. The summed E-state index contributed by atoms with van der Waals surface area (Å²) in [5, 5.41) is 10.3. The van der Waals surface area contributed by atoms with E-state index in [0.717, 1.165) is 11.1 Å². The first kappa shape index (κ1) is 8.62. The third kappa shape index (κ3) is 1.42. The van der Waals surface area contributed by atoms with Crippen LogP contribution in [0.4, 0.5) is 0 Å². The fourth-order valence-corrected chi connectivity index (χ4v) is 1.25. The van der Waals surface area contributed by atoms with Crippen molar-refractivity contribution in [2.75, 3.05) is 7.05 Å². The zero-order valence-corrected chi connectivity index (χ0v) is 7.68. The highest BCUT2D eigenvalue weighted by atomic mass is 16.3. The number of aliphatic imine (C=N–C) groups is 1. The molecule has 4 nitrogen and oxygen atoms in total. The first-order valence-electron chi connectivity index (χ1n) is 4.17. The monoisotopic (exact) mass is 187 g/mol. The van der Waals surface area contributed by atoms with E-state index in [1.165, 1.54) is 6.20 Å². The van der Waals surface area contributed by atoms with Crippen LogP contribution in [0.2, 0.25) is 0 Å². The molecule has 2 heterocycles. The van der Waals surface area contributed by atoms with E-state index < -0.39 is 0 Å². The minimum Gasteiger partial charge on any atom is -0.504 e. The Bertz CT molecular complexity index is 494. The van der Waals surface area contributed by atoms with E-state index in [9.17, 15) is 5.11 Å². The molecule has 0 aromatic carbocycles. The topological polar surface area (TPSA) is 58.4 Å². The number of rotatable bonds is 1. The smallest absolute Gasteiger partial charge is 0.160 e. The van der Waals surface area contributed by atoms with E-state index in [1.54, 1.807) is 19.5 Å². The summed E-state index contributed by atoms with van der Waals surface area (Å²) >= 11 is 0. The van der Waals surface area contributed by atoms with Gasteiger partial charge in [0.2, 0.25) is 0 Å². The molecule has 2 aromatic rings. The zero-order valence-electron chi connectivity index (χ0n) is 7.68. The third-order valence-corrected chi connectivity index (χ3v) is 1.86. The minimum absolute atomic E-state index is 0.0915. The van der Waals surface area contributed by atoms with Crippen LogP contribution in [0.1, 0.15) is 5.69 Å². The molecule has 0 amide bonds. The van der Waals surface area contributed by atoms with Crippen LogP contribution in [0, 0.1) is 0 Å². The Morgan fingerprint density at radius 2 is 2.21 bits per heavy atom. The predicted molar refractivity (Wildman–Crippen MR) is 54.7 cm³/mol. The van der Waals surface area contributed by atoms with E-state index in [0.29, 0.717) is 5.52 Å². The molecule has 0 aliphatic rings. The van der Waals surface area contributed by atoms with Gasteiger partial charge in [-0.15, -0.1) is 0 Å². The lowest BCUT2D eigenvalue weighted by Crippen LogP contribution is -1.89. The van der Waals surface area contributed by atoms with Gasteiger partial charge in [-0.2, -0.15) is 0 Å². The van der Waals surface area contributed by atoms with Crippen molar-refractivity contribution in [3.05, 3.63) is 30.2 Å². The fraction of sp³-hybridized carbons (Fsp3) is 0.100. The molecule has 0 aliphatic carbocycles. The summed E-state index contributed by atoms with van der Waals surface area (Å²) in [6.07, 6.45) is 4.68. The van der Waals surface area contributed by atoms with Crippen molar-refractivity contribution in [3.8, 4) is 5.75 Å². The largest absolute Gasteiger partial charge is 0.504 e. The van der Waals surface area contributed by atoms with E-state index >= 15 is 0 Å². The molecule has 0 fully saturated rings. The maximum atomic E-state index is 9.49. The summed E-state index contributed by atoms with van der Waals surface area (Å²) in [7, 11) is 1.68. The van der Waals surface area contributed by atoms with E-state index in [2.05, 4.69) is 15.0 Å². The zero-order chi connectivity index (χ0) is 9.97. The molecule has 0 spiro atoms. The van der Waals surface area contributed by atoms with Gasteiger partial charge in [0.25, 0.3) is 0 Å². The van der Waals surface area contributed by atoms with Gasteiger partial charge in [-0.25, -0.2) is 4.98 Å². The molecule has 0 radical (unpaired) electrons. The van der Waals surface area contributed by atoms with Crippen molar-refractivity contribution in [2.45, 2.75) is 0 Å². The van der Waals surface area contributed by atoms with Gasteiger partial charge >= 0.3 is 0 Å². The SMILES string of the molecule is CN=Cc1ccc2cncc(O)c2n1. The quantitative estimate of drug-likeness (QED) is 0.686. The highest BCUT2D eigenvalue weighted by Crippen LogP contribution is 2.20. The average Bonchev–Trinajstić information content (AvgIpc) is 2.20. The molecular formula is C10H9N3O. The van der Waals surface area contributed by atoms with Crippen LogP contribution in [0.15, 0.2) is 29.5 Å². The first-order chi connectivity index (χ1) is 6.81. The molecule has 70 valence electrons. The van der Waals surface area contributed by atoms with Crippen molar-refractivity contribution >= 4 is 17.1 Å². The van der Waals surface area contributed by atoms with Crippen molar-refractivity contribution < 1.29 is 5.11 Å². The molecule has 4 heteroatoms. The van der Waals surface area contributed by atoms with Crippen LogP contribution in [-0.2, 0) is 0 Å². The Hall–Kier alpha value is -1.97. The first-order valence-corrected chi connectivity index (χ1v) is 4.17. The van der Waals surface area contributed by atoms with Crippen LogP contribution in [0.3, 0.4) is 0 Å². The lowest BCUT2D eigenvalue weighted by Gasteiger charge is -1.99. The Kier molecular flexibility index (Phi) is 2.10. The molecule has 14 heavy (non-hydrogen) atoms. The Morgan fingerprint density at radius 3 is 3.00 bits per heavy atom. The molecule has 1 N–H and O–H groups in total. The van der Waals surface area contributed by atoms with Gasteiger partial charge in [0, 0.05) is 24.8 Å². The lowest BCUT2D eigenvalue weighted by molar-refractivity contribution is 0.478. The number of aromatic hydroxyl groups is 1. The molecule has 0 bridgehead atoms. The number of pyridine rings is 2. The maximum absolute atomic E-state index is 9.49. The minimum atomic E-state index is 0.0915. The number of hydrogen-bond donors (Lipinski definition) is 1. The summed E-state index contributed by atoms with van der Waals surface area (Å²) in [4.78, 5) is 11.9. The van der Waals surface area contributed by atoms with Crippen LogP contribution < -0.4 is 0 Å². The number of fused-ring (bicyclic) bond motifs is 1. The summed E-state index contributed by atoms with van der Waals surface area (Å²) in [6, 6.07) is 3.68. The van der Waals surface area contributed by atoms with Crippen molar-refractivity contribution in [3.63, 3.8) is 0 Å². The molecule has 2 aromatic heterocycles. The van der Waals surface area contributed by atoms with Gasteiger partial charge in [-0.3, -0.25) is 9.98 Å². The Morgan fingerprint density at radius 1 is 1.36 bits per heavy atom. The van der Waals surface area contributed by atoms with Crippen LogP contribution in [0.5, 0.6) is 5.75 Å².